The van der Waals surface area contributed by atoms with Gasteiger partial charge in [-0.25, -0.2) is 4.79 Å². The molecule has 0 bridgehead atoms. The standard InChI is InChI=1S/C30H28N2O7/c1-21(18-37-20-33)27(30(36)39-28(22-11-5-2-6-12-22)23-13-7-3-8-14-23)32-17-25(29(32)35)31-26(34)19-38-24-15-9-4-10-16-24/h2-16,20,25,28H,17-19H2,1H3,(H,31,34)/b27-21-. The van der Waals surface area contributed by atoms with E-state index in [1.54, 1.807) is 31.2 Å². The van der Waals surface area contributed by atoms with Gasteiger partial charge in [0.25, 0.3) is 18.3 Å². The predicted octanol–water partition coefficient (Wildman–Crippen LogP) is 3.17. The molecule has 1 fully saturated rings. The minimum Gasteiger partial charge on any atom is -0.484 e. The molecule has 2 amide bonds. The van der Waals surface area contributed by atoms with Crippen LogP contribution in [0.25, 0.3) is 0 Å². The molecular weight excluding hydrogens is 500 g/mol. The van der Waals surface area contributed by atoms with Crippen molar-refractivity contribution in [1.82, 2.24) is 10.2 Å². The first-order valence-electron chi connectivity index (χ1n) is 12.3. The van der Waals surface area contributed by atoms with Crippen LogP contribution in [0.2, 0.25) is 0 Å². The number of nitrogens with zero attached hydrogens (tertiary/aromatic N) is 1. The maximum Gasteiger partial charge on any atom is 0.356 e. The molecule has 0 spiro atoms. The predicted molar refractivity (Wildman–Crippen MR) is 141 cm³/mol. The summed E-state index contributed by atoms with van der Waals surface area (Å²) in [5, 5.41) is 2.62. The average Bonchev–Trinajstić information content (AvgIpc) is 2.98. The second-order valence-electron chi connectivity index (χ2n) is 8.81. The number of rotatable bonds is 12. The largest absolute Gasteiger partial charge is 0.484 e. The fourth-order valence-corrected chi connectivity index (χ4v) is 4.13. The molecule has 1 heterocycles. The Hall–Kier alpha value is -4.92. The van der Waals surface area contributed by atoms with Crippen LogP contribution in [0.1, 0.15) is 24.2 Å². The van der Waals surface area contributed by atoms with Gasteiger partial charge in [0.15, 0.2) is 12.7 Å². The van der Waals surface area contributed by atoms with Crippen LogP contribution < -0.4 is 10.1 Å². The van der Waals surface area contributed by atoms with E-state index in [2.05, 4.69) is 5.32 Å². The van der Waals surface area contributed by atoms with Gasteiger partial charge in [0.2, 0.25) is 0 Å². The number of amides is 2. The SMILES string of the molecule is C/C(COC=O)=C(\C(=O)OC(c1ccccc1)c1ccccc1)N1CC(NC(=O)COc2ccccc2)C1=O. The fourth-order valence-electron chi connectivity index (χ4n) is 4.13. The first-order valence-corrected chi connectivity index (χ1v) is 12.3. The Morgan fingerprint density at radius 2 is 1.49 bits per heavy atom. The van der Waals surface area contributed by atoms with Gasteiger partial charge in [-0.15, -0.1) is 0 Å². The van der Waals surface area contributed by atoms with Crippen molar-refractivity contribution in [2.24, 2.45) is 0 Å². The van der Waals surface area contributed by atoms with Gasteiger partial charge in [-0.3, -0.25) is 14.4 Å². The van der Waals surface area contributed by atoms with Crippen molar-refractivity contribution in [3.8, 4) is 5.75 Å². The molecule has 0 saturated carbocycles. The molecule has 1 aliphatic heterocycles. The van der Waals surface area contributed by atoms with Crippen LogP contribution in [0, 0.1) is 0 Å². The van der Waals surface area contributed by atoms with Gasteiger partial charge in [0, 0.05) is 0 Å². The summed E-state index contributed by atoms with van der Waals surface area (Å²) >= 11 is 0. The van der Waals surface area contributed by atoms with Crippen LogP contribution in [-0.2, 0) is 28.7 Å². The van der Waals surface area contributed by atoms with Gasteiger partial charge in [-0.1, -0.05) is 78.9 Å². The highest BCUT2D eigenvalue weighted by Gasteiger charge is 2.43. The smallest absolute Gasteiger partial charge is 0.356 e. The molecular formula is C30H28N2O7. The first kappa shape index (κ1) is 27.1. The number of hydrogen-bond acceptors (Lipinski definition) is 7. The van der Waals surface area contributed by atoms with E-state index in [0.717, 1.165) is 11.1 Å². The minimum atomic E-state index is -0.835. The molecule has 0 aromatic heterocycles. The van der Waals surface area contributed by atoms with Crippen molar-refractivity contribution in [2.45, 2.75) is 19.1 Å². The van der Waals surface area contributed by atoms with Crippen LogP contribution in [0.3, 0.4) is 0 Å². The van der Waals surface area contributed by atoms with Crippen molar-refractivity contribution < 1.29 is 33.4 Å². The third-order valence-electron chi connectivity index (χ3n) is 6.04. The second kappa shape index (κ2) is 13.0. The monoisotopic (exact) mass is 528 g/mol. The minimum absolute atomic E-state index is 0.0373. The Morgan fingerprint density at radius 1 is 0.923 bits per heavy atom. The van der Waals surface area contributed by atoms with Crippen molar-refractivity contribution in [3.05, 3.63) is 113 Å². The van der Waals surface area contributed by atoms with E-state index in [-0.39, 0.29) is 31.9 Å². The lowest BCUT2D eigenvalue weighted by atomic mass is 10.0. The van der Waals surface area contributed by atoms with E-state index in [9.17, 15) is 19.2 Å². The van der Waals surface area contributed by atoms with Crippen LogP contribution in [0.4, 0.5) is 0 Å². The van der Waals surface area contributed by atoms with Gasteiger partial charge < -0.3 is 24.4 Å². The van der Waals surface area contributed by atoms with Crippen molar-refractivity contribution >= 4 is 24.3 Å². The lowest BCUT2D eigenvalue weighted by Gasteiger charge is -2.40. The lowest BCUT2D eigenvalue weighted by molar-refractivity contribution is -0.153. The van der Waals surface area contributed by atoms with E-state index in [0.29, 0.717) is 11.3 Å². The highest BCUT2D eigenvalue weighted by molar-refractivity contribution is 6.01. The molecule has 1 aliphatic rings. The van der Waals surface area contributed by atoms with Gasteiger partial charge >= 0.3 is 5.97 Å². The Bertz CT molecular complexity index is 1290. The van der Waals surface area contributed by atoms with E-state index < -0.39 is 29.9 Å². The molecule has 3 aromatic rings. The average molecular weight is 529 g/mol. The summed E-state index contributed by atoms with van der Waals surface area (Å²) in [6.07, 6.45) is -0.739. The number of esters is 1. The summed E-state index contributed by atoms with van der Waals surface area (Å²) in [6, 6.07) is 26.4. The number of ether oxygens (including phenoxy) is 3. The Labute approximate surface area is 226 Å². The zero-order valence-electron chi connectivity index (χ0n) is 21.3. The third kappa shape index (κ3) is 6.89. The summed E-state index contributed by atoms with van der Waals surface area (Å²) in [5.41, 5.74) is 1.79. The summed E-state index contributed by atoms with van der Waals surface area (Å²) in [4.78, 5) is 51.0. The van der Waals surface area contributed by atoms with Gasteiger partial charge in [0.1, 0.15) is 24.1 Å². The van der Waals surface area contributed by atoms with Crippen molar-refractivity contribution in [3.63, 3.8) is 0 Å². The van der Waals surface area contributed by atoms with Gasteiger partial charge in [0.05, 0.1) is 6.54 Å². The fraction of sp³-hybridized carbons (Fsp3) is 0.200. The van der Waals surface area contributed by atoms with Crippen LogP contribution in [-0.4, -0.2) is 55.0 Å². The Morgan fingerprint density at radius 3 is 2.03 bits per heavy atom. The van der Waals surface area contributed by atoms with Crippen LogP contribution in [0.15, 0.2) is 102 Å². The highest BCUT2D eigenvalue weighted by Crippen LogP contribution is 2.29. The molecule has 0 aliphatic carbocycles. The number of carbonyl (C=O) groups excluding carboxylic acids is 4. The molecule has 3 aromatic carbocycles. The molecule has 1 unspecified atom stereocenters. The molecule has 9 nitrogen and oxygen atoms in total. The van der Waals surface area contributed by atoms with E-state index in [1.807, 2.05) is 66.7 Å². The number of likely N-dealkylation sites (tertiary alicyclic amines) is 1. The summed E-state index contributed by atoms with van der Waals surface area (Å²) in [5.74, 6) is -1.19. The van der Waals surface area contributed by atoms with Crippen LogP contribution >= 0.6 is 0 Å². The lowest BCUT2D eigenvalue weighted by Crippen LogP contribution is -2.64. The second-order valence-corrected chi connectivity index (χ2v) is 8.81. The Balaban J connectivity index is 1.48. The van der Waals surface area contributed by atoms with Crippen LogP contribution in [0.5, 0.6) is 5.75 Å². The molecule has 0 radical (unpaired) electrons. The molecule has 39 heavy (non-hydrogen) atoms. The van der Waals surface area contributed by atoms with Crippen molar-refractivity contribution in [1.29, 1.82) is 0 Å². The molecule has 200 valence electrons. The first-order chi connectivity index (χ1) is 19.0. The third-order valence-corrected chi connectivity index (χ3v) is 6.04. The molecule has 9 heteroatoms. The van der Waals surface area contributed by atoms with E-state index >= 15 is 0 Å². The quantitative estimate of drug-likeness (QED) is 0.166. The summed E-state index contributed by atoms with van der Waals surface area (Å²) < 4.78 is 16.2. The molecule has 1 atom stereocenters. The maximum atomic E-state index is 13.5. The molecule has 1 N–H and O–H groups in total. The van der Waals surface area contributed by atoms with Gasteiger partial charge in [-0.05, 0) is 35.8 Å². The topological polar surface area (TPSA) is 111 Å². The highest BCUT2D eigenvalue weighted by atomic mass is 16.5. The van der Waals surface area contributed by atoms with E-state index in [4.69, 9.17) is 14.2 Å². The Kier molecular flexibility index (Phi) is 9.07. The molecule has 4 rings (SSSR count). The number of hydrogen-bond donors (Lipinski definition) is 1. The van der Waals surface area contributed by atoms with Gasteiger partial charge in [-0.2, -0.15) is 0 Å². The number of benzene rings is 3. The van der Waals surface area contributed by atoms with E-state index in [1.165, 1.54) is 4.90 Å². The normalized spacial score (nSPS) is 15.1. The summed E-state index contributed by atoms with van der Waals surface area (Å²) in [7, 11) is 0. The maximum absolute atomic E-state index is 13.5. The van der Waals surface area contributed by atoms with Crippen molar-refractivity contribution in [2.75, 3.05) is 19.8 Å². The number of carbonyl (C=O) groups is 4. The summed E-state index contributed by atoms with van der Waals surface area (Å²) in [6.45, 7) is 1.41. The molecule has 1 saturated heterocycles. The zero-order chi connectivity index (χ0) is 27.6. The number of para-hydroxylation sites is 1. The number of β-lactam (4-membered cyclic amide) rings is 1. The zero-order valence-corrected chi connectivity index (χ0v) is 21.3. The number of nitrogens with one attached hydrogen (secondary N) is 1.